The molecular formula is C22H27N5O2. The number of rotatable bonds is 4. The maximum atomic E-state index is 13.4. The minimum atomic E-state index is -0.884. The van der Waals surface area contributed by atoms with Crippen LogP contribution in [-0.4, -0.2) is 39.1 Å². The fraction of sp³-hybridized carbons (Fsp3) is 0.500. The summed E-state index contributed by atoms with van der Waals surface area (Å²) in [5.41, 5.74) is 2.99. The van der Waals surface area contributed by atoms with Crippen molar-refractivity contribution in [2.75, 3.05) is 11.9 Å². The van der Waals surface area contributed by atoms with E-state index in [0.29, 0.717) is 6.54 Å². The number of para-hydroxylation sites is 1. The summed E-state index contributed by atoms with van der Waals surface area (Å²) in [6.45, 7) is 6.17. The van der Waals surface area contributed by atoms with Crippen molar-refractivity contribution >= 4 is 17.5 Å². The summed E-state index contributed by atoms with van der Waals surface area (Å²) in [6, 6.07) is 8.11. The Balaban J connectivity index is 1.46. The van der Waals surface area contributed by atoms with Gasteiger partial charge in [-0.05, 0) is 45.7 Å². The summed E-state index contributed by atoms with van der Waals surface area (Å²) in [4.78, 5) is 29.0. The summed E-state index contributed by atoms with van der Waals surface area (Å²) in [5, 5.41) is 10.5. The molecule has 0 bridgehead atoms. The number of aryl methyl sites for hydroxylation is 1. The van der Waals surface area contributed by atoms with E-state index in [0.717, 1.165) is 54.9 Å². The quantitative estimate of drug-likeness (QED) is 0.834. The van der Waals surface area contributed by atoms with Crippen molar-refractivity contribution in [3.63, 3.8) is 0 Å². The Bertz CT molecular complexity index is 983. The number of hydrogen-bond donors (Lipinski definition) is 2. The second-order valence-electron chi connectivity index (χ2n) is 8.33. The maximum Gasteiger partial charge on any atom is 0.250 e. The molecule has 3 aliphatic heterocycles. The lowest BCUT2D eigenvalue weighted by Crippen LogP contribution is -2.54. The fourth-order valence-electron chi connectivity index (χ4n) is 5.66. The minimum Gasteiger partial charge on any atom is -0.352 e. The highest BCUT2D eigenvalue weighted by Crippen LogP contribution is 2.55. The van der Waals surface area contributed by atoms with Crippen LogP contribution >= 0.6 is 0 Å². The maximum absolute atomic E-state index is 13.4. The molecule has 7 heteroatoms. The molecule has 2 N–H and O–H groups in total. The Labute approximate surface area is 170 Å². The molecule has 0 saturated carbocycles. The summed E-state index contributed by atoms with van der Waals surface area (Å²) in [7, 11) is 0. The Morgan fingerprint density at radius 1 is 1.38 bits per heavy atom. The lowest BCUT2D eigenvalue weighted by atomic mass is 9.78. The third kappa shape index (κ3) is 2.50. The van der Waals surface area contributed by atoms with E-state index in [1.165, 1.54) is 0 Å². The predicted molar refractivity (Wildman–Crippen MR) is 109 cm³/mol. The van der Waals surface area contributed by atoms with E-state index in [4.69, 9.17) is 0 Å². The second-order valence-corrected chi connectivity index (χ2v) is 8.33. The zero-order valence-electron chi connectivity index (χ0n) is 16.9. The molecule has 29 heavy (non-hydrogen) atoms. The van der Waals surface area contributed by atoms with E-state index in [1.54, 1.807) is 0 Å². The first-order valence-electron chi connectivity index (χ1n) is 10.5. The number of nitrogens with zero attached hydrogens (tertiary/aromatic N) is 3. The summed E-state index contributed by atoms with van der Waals surface area (Å²) < 4.78 is 1.93. The lowest BCUT2D eigenvalue weighted by molar-refractivity contribution is -0.137. The molecule has 1 aromatic heterocycles. The van der Waals surface area contributed by atoms with Gasteiger partial charge in [0.05, 0.1) is 12.1 Å². The van der Waals surface area contributed by atoms with Gasteiger partial charge in [-0.3, -0.25) is 19.2 Å². The van der Waals surface area contributed by atoms with E-state index in [-0.39, 0.29) is 17.9 Å². The molecule has 4 heterocycles. The van der Waals surface area contributed by atoms with Crippen molar-refractivity contribution in [2.24, 2.45) is 5.92 Å². The third-order valence-electron chi connectivity index (χ3n) is 7.05. The van der Waals surface area contributed by atoms with Crippen LogP contribution in [0, 0.1) is 12.8 Å². The Hall–Kier alpha value is -2.67. The first-order valence-corrected chi connectivity index (χ1v) is 10.5. The largest absolute Gasteiger partial charge is 0.352 e. The van der Waals surface area contributed by atoms with E-state index in [2.05, 4.69) is 20.6 Å². The van der Waals surface area contributed by atoms with Crippen LogP contribution in [0.3, 0.4) is 0 Å². The number of benzene rings is 1. The number of fused-ring (bicyclic) bond motifs is 4. The van der Waals surface area contributed by atoms with Crippen LogP contribution < -0.4 is 10.6 Å². The van der Waals surface area contributed by atoms with Gasteiger partial charge in [-0.2, -0.15) is 5.10 Å². The van der Waals surface area contributed by atoms with Crippen LogP contribution in [0.15, 0.2) is 30.5 Å². The normalized spacial score (nSPS) is 27.9. The van der Waals surface area contributed by atoms with Gasteiger partial charge < -0.3 is 10.6 Å². The molecule has 152 valence electrons. The van der Waals surface area contributed by atoms with Crippen LogP contribution in [0.1, 0.15) is 43.0 Å². The van der Waals surface area contributed by atoms with E-state index in [1.807, 2.05) is 49.0 Å². The summed E-state index contributed by atoms with van der Waals surface area (Å²) in [6.07, 6.45) is 4.66. The van der Waals surface area contributed by atoms with Crippen molar-refractivity contribution in [2.45, 2.75) is 57.8 Å². The number of anilines is 1. The van der Waals surface area contributed by atoms with E-state index >= 15 is 0 Å². The SMILES string of the molecule is CCn1ncc(CNC(=O)[C@H]2C[C@H]3CCCN3[C@]23C(=O)Nc2ccccc23)c1C. The molecule has 7 nitrogen and oxygen atoms in total. The van der Waals surface area contributed by atoms with Gasteiger partial charge in [0.15, 0.2) is 0 Å². The molecule has 2 saturated heterocycles. The highest BCUT2D eigenvalue weighted by molar-refractivity contribution is 6.09. The topological polar surface area (TPSA) is 79.3 Å². The molecule has 3 atom stereocenters. The number of hydrogen-bond acceptors (Lipinski definition) is 4. The standard InChI is InChI=1S/C22H27N5O2/c1-3-27-14(2)15(13-24-27)12-23-20(28)18-11-16-7-6-10-26(16)22(18)17-8-4-5-9-19(17)25-21(22)29/h4-5,8-9,13,16,18H,3,6-7,10-12H2,1-2H3,(H,23,28)(H,25,29)/t16-,18-,22+/m1/s1. The van der Waals surface area contributed by atoms with E-state index in [9.17, 15) is 9.59 Å². The van der Waals surface area contributed by atoms with Gasteiger partial charge >= 0.3 is 0 Å². The van der Waals surface area contributed by atoms with Gasteiger partial charge in [0.25, 0.3) is 0 Å². The Kier molecular flexibility index (Phi) is 4.24. The molecule has 0 unspecified atom stereocenters. The molecule has 5 rings (SSSR count). The average molecular weight is 393 g/mol. The van der Waals surface area contributed by atoms with Gasteiger partial charge in [-0.1, -0.05) is 18.2 Å². The first kappa shape index (κ1) is 18.4. The number of nitrogens with one attached hydrogen (secondary N) is 2. The fourth-order valence-corrected chi connectivity index (χ4v) is 5.66. The van der Waals surface area contributed by atoms with Crippen LogP contribution in [0.2, 0.25) is 0 Å². The van der Waals surface area contributed by atoms with Crippen LogP contribution in [-0.2, 0) is 28.2 Å². The van der Waals surface area contributed by atoms with Gasteiger partial charge in [0, 0.05) is 41.6 Å². The third-order valence-corrected chi connectivity index (χ3v) is 7.05. The van der Waals surface area contributed by atoms with Crippen LogP contribution in [0.25, 0.3) is 0 Å². The van der Waals surface area contributed by atoms with Crippen molar-refractivity contribution < 1.29 is 9.59 Å². The zero-order valence-corrected chi connectivity index (χ0v) is 16.9. The molecule has 3 aliphatic rings. The van der Waals surface area contributed by atoms with Gasteiger partial charge in [-0.15, -0.1) is 0 Å². The predicted octanol–water partition coefficient (Wildman–Crippen LogP) is 2.16. The van der Waals surface area contributed by atoms with Crippen molar-refractivity contribution in [1.29, 1.82) is 0 Å². The molecule has 2 amide bonds. The van der Waals surface area contributed by atoms with Crippen molar-refractivity contribution in [3.05, 3.63) is 47.3 Å². The highest BCUT2D eigenvalue weighted by Gasteiger charge is 2.65. The minimum absolute atomic E-state index is 0.0464. The molecule has 0 aliphatic carbocycles. The molecule has 2 aromatic rings. The number of carbonyl (C=O) groups is 2. The monoisotopic (exact) mass is 393 g/mol. The van der Waals surface area contributed by atoms with Gasteiger partial charge in [0.2, 0.25) is 11.8 Å². The summed E-state index contributed by atoms with van der Waals surface area (Å²) in [5.74, 6) is -0.494. The smallest absolute Gasteiger partial charge is 0.250 e. The van der Waals surface area contributed by atoms with Crippen LogP contribution in [0.5, 0.6) is 0 Å². The Morgan fingerprint density at radius 3 is 3.00 bits per heavy atom. The second kappa shape index (κ2) is 6.69. The molecule has 0 radical (unpaired) electrons. The van der Waals surface area contributed by atoms with Gasteiger partial charge in [0.1, 0.15) is 5.54 Å². The number of amides is 2. The molecule has 1 spiro atoms. The van der Waals surface area contributed by atoms with E-state index < -0.39 is 11.5 Å². The van der Waals surface area contributed by atoms with Gasteiger partial charge in [-0.25, -0.2) is 0 Å². The lowest BCUT2D eigenvalue weighted by Gasteiger charge is -2.36. The molecular weight excluding hydrogens is 366 g/mol. The first-order chi connectivity index (χ1) is 14.1. The van der Waals surface area contributed by atoms with Crippen molar-refractivity contribution in [3.8, 4) is 0 Å². The zero-order chi connectivity index (χ0) is 20.2. The highest BCUT2D eigenvalue weighted by atomic mass is 16.2. The summed E-state index contributed by atoms with van der Waals surface area (Å²) >= 11 is 0. The molecule has 1 aromatic carbocycles. The number of carbonyl (C=O) groups excluding carboxylic acids is 2. The van der Waals surface area contributed by atoms with Crippen LogP contribution in [0.4, 0.5) is 5.69 Å². The average Bonchev–Trinajstić information content (AvgIpc) is 3.45. The molecule has 2 fully saturated rings. The Morgan fingerprint density at radius 2 is 2.21 bits per heavy atom. The van der Waals surface area contributed by atoms with Crippen molar-refractivity contribution in [1.82, 2.24) is 20.0 Å². The number of aromatic nitrogens is 2.